The van der Waals surface area contributed by atoms with Crippen LogP contribution in [0.15, 0.2) is 42.2 Å². The maximum atomic E-state index is 6.09. The molecular weight excluding hydrogens is 362 g/mol. The Bertz CT molecular complexity index is 1080. The molecule has 0 spiro atoms. The molecule has 1 aliphatic heterocycles. The zero-order valence-corrected chi connectivity index (χ0v) is 17.0. The van der Waals surface area contributed by atoms with Crippen molar-refractivity contribution in [2.24, 2.45) is 16.6 Å². The number of imidazole rings is 1. The third-order valence-corrected chi connectivity index (χ3v) is 5.42. The van der Waals surface area contributed by atoms with E-state index in [1.54, 1.807) is 6.33 Å². The summed E-state index contributed by atoms with van der Waals surface area (Å²) in [5, 5.41) is 3.09. The molecule has 0 aliphatic carbocycles. The van der Waals surface area contributed by atoms with E-state index in [2.05, 4.69) is 53.2 Å². The van der Waals surface area contributed by atoms with Crippen LogP contribution in [0.3, 0.4) is 0 Å². The van der Waals surface area contributed by atoms with Gasteiger partial charge in [-0.2, -0.15) is 0 Å². The summed E-state index contributed by atoms with van der Waals surface area (Å²) >= 11 is 0. The number of hydrogen-bond acceptors (Lipinski definition) is 5. The van der Waals surface area contributed by atoms with E-state index in [9.17, 15) is 0 Å². The van der Waals surface area contributed by atoms with E-state index < -0.39 is 0 Å². The molecule has 0 bridgehead atoms. The second-order valence-electron chi connectivity index (χ2n) is 7.39. The minimum Gasteiger partial charge on any atom is -0.491 e. The lowest BCUT2D eigenvalue weighted by atomic mass is 9.91. The van der Waals surface area contributed by atoms with Gasteiger partial charge in [-0.1, -0.05) is 25.6 Å². The lowest BCUT2D eigenvalue weighted by Gasteiger charge is -2.19. The van der Waals surface area contributed by atoms with Gasteiger partial charge in [-0.15, -0.1) is 0 Å². The molecule has 3 aromatic rings. The predicted octanol–water partition coefficient (Wildman–Crippen LogP) is 4.04. The maximum Gasteiger partial charge on any atom is 0.131 e. The molecule has 1 aliphatic rings. The molecule has 6 nitrogen and oxygen atoms in total. The Morgan fingerprint density at radius 3 is 3.00 bits per heavy atom. The van der Waals surface area contributed by atoms with Crippen molar-refractivity contribution < 1.29 is 4.74 Å². The van der Waals surface area contributed by atoms with Crippen LogP contribution >= 0.6 is 0 Å². The zero-order chi connectivity index (χ0) is 20.4. The average molecular weight is 390 g/mol. The number of nitrogens with zero attached hydrogens (tertiary/aromatic N) is 2. The van der Waals surface area contributed by atoms with Crippen LogP contribution in [-0.2, 0) is 6.42 Å². The highest BCUT2D eigenvalue weighted by molar-refractivity contribution is 6.00. The van der Waals surface area contributed by atoms with Crippen LogP contribution in [0.25, 0.3) is 27.9 Å². The van der Waals surface area contributed by atoms with Gasteiger partial charge in [0.15, 0.2) is 0 Å². The largest absolute Gasteiger partial charge is 0.491 e. The number of hydrogen-bond donors (Lipinski definition) is 3. The van der Waals surface area contributed by atoms with Gasteiger partial charge in [0.05, 0.1) is 28.6 Å². The second kappa shape index (κ2) is 8.09. The van der Waals surface area contributed by atoms with E-state index in [0.717, 1.165) is 52.8 Å². The summed E-state index contributed by atoms with van der Waals surface area (Å²) in [6.45, 7) is 7.40. The van der Waals surface area contributed by atoms with Crippen LogP contribution in [0.5, 0.6) is 5.75 Å². The Morgan fingerprint density at radius 2 is 2.24 bits per heavy atom. The Hall–Kier alpha value is -3.12. The van der Waals surface area contributed by atoms with Crippen molar-refractivity contribution >= 4 is 28.6 Å². The Balaban J connectivity index is 1.83. The van der Waals surface area contributed by atoms with E-state index >= 15 is 0 Å². The molecule has 4 rings (SSSR count). The fraction of sp³-hybridized carbons (Fsp3) is 0.304. The number of aliphatic imine (C=N–C) groups is 1. The first-order valence-corrected chi connectivity index (χ1v) is 10.0. The molecule has 150 valence electrons. The summed E-state index contributed by atoms with van der Waals surface area (Å²) in [6, 6.07) is 8.47. The fourth-order valence-corrected chi connectivity index (χ4v) is 3.79. The first kappa shape index (κ1) is 19.2. The minimum absolute atomic E-state index is 0.450. The van der Waals surface area contributed by atoms with E-state index in [1.165, 1.54) is 5.56 Å². The van der Waals surface area contributed by atoms with E-state index in [4.69, 9.17) is 15.5 Å². The van der Waals surface area contributed by atoms with Gasteiger partial charge in [0.1, 0.15) is 12.4 Å². The average Bonchev–Trinajstić information content (AvgIpc) is 3.21. The third kappa shape index (κ3) is 3.63. The molecule has 0 saturated heterocycles. The van der Waals surface area contributed by atoms with Gasteiger partial charge in [-0.3, -0.25) is 4.99 Å². The van der Waals surface area contributed by atoms with Crippen molar-refractivity contribution in [3.63, 3.8) is 0 Å². The summed E-state index contributed by atoms with van der Waals surface area (Å²) < 4.78 is 6.04. The highest BCUT2D eigenvalue weighted by atomic mass is 16.5. The van der Waals surface area contributed by atoms with Gasteiger partial charge in [0.2, 0.25) is 0 Å². The number of likely N-dealkylation sites (N-methyl/N-ethyl adjacent to an activating group) is 1. The molecule has 0 saturated carbocycles. The van der Waals surface area contributed by atoms with E-state index in [-0.39, 0.29) is 0 Å². The predicted molar refractivity (Wildman–Crippen MR) is 120 cm³/mol. The smallest absolute Gasteiger partial charge is 0.131 e. The van der Waals surface area contributed by atoms with Gasteiger partial charge in [0.25, 0.3) is 0 Å². The Labute approximate surface area is 170 Å². The van der Waals surface area contributed by atoms with Crippen LogP contribution in [0.2, 0.25) is 0 Å². The fourth-order valence-electron chi connectivity index (χ4n) is 3.79. The summed E-state index contributed by atoms with van der Waals surface area (Å²) in [7, 11) is 1.90. The number of aromatic nitrogens is 2. The number of nitrogens with one attached hydrogen (secondary N) is 2. The molecular formula is C23H27N5O. The molecule has 1 aromatic heterocycles. The first-order chi connectivity index (χ1) is 14.1. The van der Waals surface area contributed by atoms with Gasteiger partial charge in [-0.05, 0) is 49.1 Å². The van der Waals surface area contributed by atoms with Gasteiger partial charge in [-0.25, -0.2) is 4.98 Å². The maximum absolute atomic E-state index is 6.09. The van der Waals surface area contributed by atoms with Gasteiger partial charge < -0.3 is 20.8 Å². The summed E-state index contributed by atoms with van der Waals surface area (Å²) in [5.41, 5.74) is 13.3. The molecule has 2 heterocycles. The number of benzene rings is 2. The van der Waals surface area contributed by atoms with E-state index in [0.29, 0.717) is 24.0 Å². The minimum atomic E-state index is 0.450. The van der Waals surface area contributed by atoms with Crippen LogP contribution in [0, 0.1) is 5.92 Å². The number of aromatic amines is 1. The van der Waals surface area contributed by atoms with Crippen molar-refractivity contribution in [3.8, 4) is 16.9 Å². The van der Waals surface area contributed by atoms with Crippen molar-refractivity contribution in [1.82, 2.24) is 15.3 Å². The summed E-state index contributed by atoms with van der Waals surface area (Å²) in [5.74, 6) is 1.22. The quantitative estimate of drug-likeness (QED) is 0.532. The van der Waals surface area contributed by atoms with Gasteiger partial charge >= 0.3 is 0 Å². The highest BCUT2D eigenvalue weighted by Crippen LogP contribution is 2.39. The van der Waals surface area contributed by atoms with Crippen molar-refractivity contribution in [2.75, 3.05) is 20.2 Å². The molecule has 2 aromatic carbocycles. The molecule has 0 fully saturated rings. The number of fused-ring (bicyclic) bond motifs is 2. The SMILES string of the molecule is C=C(N)c1c(OCCNC)cc(-c2ccc3c(c2)N=CC(CC)C3)c2nc[nH]c12. The number of nitrogens with two attached hydrogens (primary N) is 1. The normalized spacial score (nSPS) is 15.4. The second-order valence-corrected chi connectivity index (χ2v) is 7.39. The van der Waals surface area contributed by atoms with E-state index in [1.807, 2.05) is 13.1 Å². The van der Waals surface area contributed by atoms with Crippen LogP contribution < -0.4 is 15.8 Å². The molecule has 1 atom stereocenters. The number of H-pyrrole nitrogens is 1. The van der Waals surface area contributed by atoms with Crippen molar-refractivity contribution in [3.05, 3.63) is 48.3 Å². The lowest BCUT2D eigenvalue weighted by Crippen LogP contribution is -2.16. The first-order valence-electron chi connectivity index (χ1n) is 10.0. The highest BCUT2D eigenvalue weighted by Gasteiger charge is 2.20. The third-order valence-electron chi connectivity index (χ3n) is 5.42. The molecule has 0 amide bonds. The van der Waals surface area contributed by atoms with Crippen molar-refractivity contribution in [2.45, 2.75) is 19.8 Å². The Morgan fingerprint density at radius 1 is 1.38 bits per heavy atom. The van der Waals surface area contributed by atoms with Crippen LogP contribution in [-0.4, -0.2) is 36.4 Å². The molecule has 4 N–H and O–H groups in total. The van der Waals surface area contributed by atoms with Crippen molar-refractivity contribution in [1.29, 1.82) is 0 Å². The molecule has 29 heavy (non-hydrogen) atoms. The van der Waals surface area contributed by atoms with Crippen LogP contribution in [0.4, 0.5) is 5.69 Å². The molecule has 0 radical (unpaired) electrons. The topological polar surface area (TPSA) is 88.3 Å². The van der Waals surface area contributed by atoms with Gasteiger partial charge in [0, 0.05) is 24.0 Å². The molecule has 1 unspecified atom stereocenters. The zero-order valence-electron chi connectivity index (χ0n) is 17.0. The summed E-state index contributed by atoms with van der Waals surface area (Å²) in [4.78, 5) is 12.5. The summed E-state index contributed by atoms with van der Waals surface area (Å²) in [6.07, 6.45) is 5.90. The Kier molecular flexibility index (Phi) is 5.36. The molecule has 6 heteroatoms. The number of rotatable bonds is 7. The lowest BCUT2D eigenvalue weighted by molar-refractivity contribution is 0.318. The standard InChI is InChI=1S/C23H27N5O/c1-4-15-9-17-6-5-16(10-19(17)26-12-15)18-11-20(29-8-7-25-3)21(14(2)24)23-22(18)27-13-28-23/h5-6,10-13,15,25H,2,4,7-9,24H2,1,3H3,(H,27,28). The number of ether oxygens (including phenoxy) is 1. The monoisotopic (exact) mass is 389 g/mol. The van der Waals surface area contributed by atoms with Crippen LogP contribution in [0.1, 0.15) is 24.5 Å².